The number of hydrogen-bond acceptors (Lipinski definition) is 4. The number of aromatic amines is 1. The number of furan rings is 1. The number of Topliss-reactive ketones (excluding diaryl/α,β-unsaturated/α-hetero) is 1. The Labute approximate surface area is 135 Å². The number of nitrogens with one attached hydrogen (secondary N) is 1. The van der Waals surface area contributed by atoms with E-state index in [4.69, 9.17) is 9.15 Å². The van der Waals surface area contributed by atoms with Crippen LogP contribution in [0.15, 0.2) is 22.8 Å². The number of H-pyrrole nitrogens is 1. The predicted octanol–water partition coefficient (Wildman–Crippen LogP) is 1.91. The van der Waals surface area contributed by atoms with Gasteiger partial charge in [0, 0.05) is 5.69 Å². The van der Waals surface area contributed by atoms with E-state index in [9.17, 15) is 9.59 Å². The first kappa shape index (κ1) is 17.0. The third kappa shape index (κ3) is 3.37. The lowest BCUT2D eigenvalue weighted by Crippen LogP contribution is -2.91. The van der Waals surface area contributed by atoms with E-state index < -0.39 is 5.97 Å². The smallest absolute Gasteiger partial charge is 0.339 e. The fourth-order valence-corrected chi connectivity index (χ4v) is 2.80. The SMILES string of the molecule is COC(=O)c1c(C)[nH]c(C(=O)[C@H](C)[NH2+][C@@H](C)c2ccco2)c1C. The quantitative estimate of drug-likeness (QED) is 0.629. The molecule has 0 unspecified atom stereocenters. The highest BCUT2D eigenvalue weighted by atomic mass is 16.5. The second kappa shape index (κ2) is 6.83. The highest BCUT2D eigenvalue weighted by molar-refractivity contribution is 6.03. The van der Waals surface area contributed by atoms with E-state index in [0.29, 0.717) is 22.5 Å². The van der Waals surface area contributed by atoms with Crippen molar-refractivity contribution in [2.75, 3.05) is 7.11 Å². The Kier molecular flexibility index (Phi) is 5.05. The number of esters is 1. The molecule has 2 rings (SSSR count). The molecule has 6 heteroatoms. The summed E-state index contributed by atoms with van der Waals surface area (Å²) in [5.41, 5.74) is 2.16. The molecule has 0 amide bonds. The molecule has 0 saturated heterocycles. The minimum absolute atomic E-state index is 0.0281. The number of carbonyl (C=O) groups excluding carboxylic acids is 2. The van der Waals surface area contributed by atoms with Gasteiger partial charge in [0.25, 0.3) is 0 Å². The molecule has 6 nitrogen and oxygen atoms in total. The van der Waals surface area contributed by atoms with Crippen molar-refractivity contribution in [3.63, 3.8) is 0 Å². The Morgan fingerprint density at radius 2 is 2.00 bits per heavy atom. The number of ether oxygens (including phenoxy) is 1. The van der Waals surface area contributed by atoms with Gasteiger partial charge in [0.05, 0.1) is 24.6 Å². The molecule has 0 aliphatic carbocycles. The number of aryl methyl sites for hydroxylation is 1. The van der Waals surface area contributed by atoms with Gasteiger partial charge in [-0.15, -0.1) is 0 Å². The lowest BCUT2D eigenvalue weighted by molar-refractivity contribution is -0.710. The highest BCUT2D eigenvalue weighted by Gasteiger charge is 2.28. The Hall–Kier alpha value is -2.34. The molecular formula is C17H23N2O4+. The molecule has 0 saturated carbocycles. The largest absolute Gasteiger partial charge is 0.465 e. The maximum Gasteiger partial charge on any atom is 0.339 e. The van der Waals surface area contributed by atoms with Crippen molar-refractivity contribution in [3.05, 3.63) is 46.7 Å². The molecule has 124 valence electrons. The van der Waals surface area contributed by atoms with Gasteiger partial charge in [0.1, 0.15) is 12.1 Å². The number of carbonyl (C=O) groups is 2. The maximum atomic E-state index is 12.7. The van der Waals surface area contributed by atoms with Crippen LogP contribution in [-0.4, -0.2) is 29.9 Å². The van der Waals surface area contributed by atoms with Crippen molar-refractivity contribution in [1.29, 1.82) is 0 Å². The highest BCUT2D eigenvalue weighted by Crippen LogP contribution is 2.20. The van der Waals surface area contributed by atoms with Gasteiger partial charge in [0.2, 0.25) is 5.78 Å². The molecule has 2 heterocycles. The summed E-state index contributed by atoms with van der Waals surface area (Å²) in [7, 11) is 1.33. The molecule has 0 bridgehead atoms. The zero-order valence-electron chi connectivity index (χ0n) is 14.1. The van der Waals surface area contributed by atoms with Gasteiger partial charge in [-0.05, 0) is 45.4 Å². The third-order valence-corrected chi connectivity index (χ3v) is 4.06. The van der Waals surface area contributed by atoms with Gasteiger partial charge in [-0.2, -0.15) is 0 Å². The van der Waals surface area contributed by atoms with E-state index in [0.717, 1.165) is 5.76 Å². The second-order valence-corrected chi connectivity index (χ2v) is 5.77. The fraction of sp³-hybridized carbons (Fsp3) is 0.412. The van der Waals surface area contributed by atoms with Crippen LogP contribution in [0.2, 0.25) is 0 Å². The Morgan fingerprint density at radius 1 is 1.30 bits per heavy atom. The van der Waals surface area contributed by atoms with Crippen LogP contribution in [-0.2, 0) is 4.74 Å². The lowest BCUT2D eigenvalue weighted by atomic mass is 10.0. The summed E-state index contributed by atoms with van der Waals surface area (Å²) in [5, 5.41) is 1.94. The van der Waals surface area contributed by atoms with Crippen LogP contribution in [0.5, 0.6) is 0 Å². The van der Waals surface area contributed by atoms with Gasteiger partial charge in [0.15, 0.2) is 5.76 Å². The summed E-state index contributed by atoms with van der Waals surface area (Å²) >= 11 is 0. The van der Waals surface area contributed by atoms with E-state index in [1.807, 2.05) is 31.3 Å². The van der Waals surface area contributed by atoms with Gasteiger partial charge < -0.3 is 19.5 Å². The van der Waals surface area contributed by atoms with Crippen LogP contribution in [0.4, 0.5) is 0 Å². The average Bonchev–Trinajstić information content (AvgIpc) is 3.14. The van der Waals surface area contributed by atoms with Crippen LogP contribution in [0.3, 0.4) is 0 Å². The Bertz CT molecular complexity index is 701. The molecule has 0 fully saturated rings. The van der Waals surface area contributed by atoms with Crippen LogP contribution < -0.4 is 5.32 Å². The van der Waals surface area contributed by atoms with Crippen molar-refractivity contribution < 1.29 is 24.1 Å². The molecule has 0 aromatic carbocycles. The molecule has 3 N–H and O–H groups in total. The topological polar surface area (TPSA) is 88.9 Å². The first-order valence-corrected chi connectivity index (χ1v) is 7.56. The van der Waals surface area contributed by atoms with Crippen LogP contribution in [0.1, 0.15) is 57.8 Å². The monoisotopic (exact) mass is 319 g/mol. The number of ketones is 1. The molecule has 0 spiro atoms. The van der Waals surface area contributed by atoms with E-state index in [2.05, 4.69) is 4.98 Å². The van der Waals surface area contributed by atoms with Crippen LogP contribution in [0.25, 0.3) is 0 Å². The minimum atomic E-state index is -0.434. The zero-order valence-corrected chi connectivity index (χ0v) is 14.1. The molecule has 0 aliphatic rings. The number of rotatable bonds is 6. The van der Waals surface area contributed by atoms with Gasteiger partial charge >= 0.3 is 5.97 Å². The molecule has 2 aromatic rings. The van der Waals surface area contributed by atoms with Crippen molar-refractivity contribution in [3.8, 4) is 0 Å². The van der Waals surface area contributed by atoms with Gasteiger partial charge in [-0.3, -0.25) is 4.79 Å². The predicted molar refractivity (Wildman–Crippen MR) is 84.4 cm³/mol. The number of aromatic nitrogens is 1. The van der Waals surface area contributed by atoms with Gasteiger partial charge in [-0.1, -0.05) is 0 Å². The van der Waals surface area contributed by atoms with Crippen molar-refractivity contribution in [1.82, 2.24) is 4.98 Å². The number of methoxy groups -OCH3 is 1. The fourth-order valence-electron chi connectivity index (χ4n) is 2.80. The summed E-state index contributed by atoms with van der Waals surface area (Å²) in [6.45, 7) is 7.34. The average molecular weight is 319 g/mol. The summed E-state index contributed by atoms with van der Waals surface area (Å²) in [6, 6.07) is 3.43. The molecule has 2 atom stereocenters. The normalized spacial score (nSPS) is 13.6. The van der Waals surface area contributed by atoms with Crippen molar-refractivity contribution in [2.24, 2.45) is 0 Å². The summed E-state index contributed by atoms with van der Waals surface area (Å²) in [4.78, 5) is 27.5. The maximum absolute atomic E-state index is 12.7. The van der Waals surface area contributed by atoms with E-state index >= 15 is 0 Å². The Balaban J connectivity index is 2.18. The first-order valence-electron chi connectivity index (χ1n) is 7.56. The molecular weight excluding hydrogens is 296 g/mol. The minimum Gasteiger partial charge on any atom is -0.465 e. The van der Waals surface area contributed by atoms with E-state index in [1.165, 1.54) is 7.11 Å². The summed E-state index contributed by atoms with van der Waals surface area (Å²) < 4.78 is 10.1. The molecule has 0 radical (unpaired) electrons. The van der Waals surface area contributed by atoms with Gasteiger partial charge in [-0.25, -0.2) is 4.79 Å². The Morgan fingerprint density at radius 3 is 2.57 bits per heavy atom. The number of hydrogen-bond donors (Lipinski definition) is 2. The molecule has 2 aromatic heterocycles. The summed E-state index contributed by atoms with van der Waals surface area (Å²) in [5.74, 6) is 0.328. The first-order chi connectivity index (χ1) is 10.9. The number of nitrogens with two attached hydrogens (primary N) is 1. The van der Waals surface area contributed by atoms with E-state index in [-0.39, 0.29) is 17.9 Å². The number of quaternary nitrogens is 1. The van der Waals surface area contributed by atoms with E-state index in [1.54, 1.807) is 20.1 Å². The summed E-state index contributed by atoms with van der Waals surface area (Å²) in [6.07, 6.45) is 1.62. The molecule has 23 heavy (non-hydrogen) atoms. The third-order valence-electron chi connectivity index (χ3n) is 4.06. The zero-order chi connectivity index (χ0) is 17.1. The van der Waals surface area contributed by atoms with Crippen molar-refractivity contribution >= 4 is 11.8 Å². The second-order valence-electron chi connectivity index (χ2n) is 5.77. The van der Waals surface area contributed by atoms with Crippen molar-refractivity contribution in [2.45, 2.75) is 39.8 Å². The standard InChI is InChI=1S/C17H22N2O4/c1-9-14(17(21)22-5)11(3)19-15(9)16(20)12(4)18-10(2)13-7-6-8-23-13/h6-8,10,12,18-19H,1-5H3/p+1/t10-,12-/m0/s1. The van der Waals surface area contributed by atoms with Crippen LogP contribution in [0, 0.1) is 13.8 Å². The lowest BCUT2D eigenvalue weighted by Gasteiger charge is -2.14. The van der Waals surface area contributed by atoms with Crippen LogP contribution >= 0.6 is 0 Å². The molecule has 0 aliphatic heterocycles.